The summed E-state index contributed by atoms with van der Waals surface area (Å²) in [5.41, 5.74) is 5.55. The Morgan fingerprint density at radius 3 is 1.18 bits per heavy atom. The smallest absolute Gasteiger partial charge is 0.119 e. The lowest BCUT2D eigenvalue weighted by Gasteiger charge is -2.10. The third-order valence-corrected chi connectivity index (χ3v) is 8.54. The van der Waals surface area contributed by atoms with Gasteiger partial charge in [-0.3, -0.25) is 0 Å². The van der Waals surface area contributed by atoms with Crippen LogP contribution in [0.3, 0.4) is 0 Å². The van der Waals surface area contributed by atoms with Crippen LogP contribution in [0.5, 0.6) is 11.5 Å². The fourth-order valence-corrected chi connectivity index (χ4v) is 5.78. The lowest BCUT2D eigenvalue weighted by molar-refractivity contribution is 0.0353. The molecule has 5 aromatic rings. The standard InChI is InChI=1S/C42H48N2O6/c1-2-4-6-8-24-46-26-28-48-30-32-50-38-19-13-34(14-20-38)40-22-16-36-10-9-35-15-21-39(43-41(35)42(36)44-40)33-11-17-37(18-12-33)49-31-29-47-27-25-45-23-7-5-3-1/h1-2,9-22H,3-8,23-32H2. The van der Waals surface area contributed by atoms with E-state index >= 15 is 0 Å². The van der Waals surface area contributed by atoms with Crippen molar-refractivity contribution in [2.75, 3.05) is 66.1 Å². The van der Waals surface area contributed by atoms with E-state index in [2.05, 4.69) is 48.6 Å². The molecule has 8 bridgehead atoms. The predicted molar refractivity (Wildman–Crippen MR) is 199 cm³/mol. The molecule has 3 aliphatic heterocycles. The molecule has 262 valence electrons. The highest BCUT2D eigenvalue weighted by Gasteiger charge is 2.10. The minimum absolute atomic E-state index is 0.484. The van der Waals surface area contributed by atoms with Crippen molar-refractivity contribution in [2.45, 2.75) is 38.5 Å². The van der Waals surface area contributed by atoms with Crippen LogP contribution in [0.25, 0.3) is 44.3 Å². The van der Waals surface area contributed by atoms with Gasteiger partial charge in [0.2, 0.25) is 0 Å². The Morgan fingerprint density at radius 2 is 0.740 bits per heavy atom. The van der Waals surface area contributed by atoms with Crippen LogP contribution < -0.4 is 9.47 Å². The van der Waals surface area contributed by atoms with E-state index in [9.17, 15) is 0 Å². The molecule has 0 unspecified atom stereocenters. The molecule has 0 aliphatic carbocycles. The summed E-state index contributed by atoms with van der Waals surface area (Å²) in [6.07, 6.45) is 11.1. The second-order valence-corrected chi connectivity index (χ2v) is 12.3. The zero-order valence-corrected chi connectivity index (χ0v) is 28.9. The zero-order valence-electron chi connectivity index (χ0n) is 28.9. The summed E-state index contributed by atoms with van der Waals surface area (Å²) >= 11 is 0. The van der Waals surface area contributed by atoms with Gasteiger partial charge in [-0.2, -0.15) is 0 Å². The number of hydrogen-bond donors (Lipinski definition) is 0. The van der Waals surface area contributed by atoms with Crippen LogP contribution in [0.1, 0.15) is 38.5 Å². The number of fused-ring (bicyclic) bond motifs is 2. The van der Waals surface area contributed by atoms with Gasteiger partial charge in [-0.1, -0.05) is 36.4 Å². The van der Waals surface area contributed by atoms with Crippen molar-refractivity contribution < 1.29 is 28.4 Å². The highest BCUT2D eigenvalue weighted by molar-refractivity contribution is 6.04. The molecule has 50 heavy (non-hydrogen) atoms. The van der Waals surface area contributed by atoms with Crippen molar-refractivity contribution >= 4 is 21.8 Å². The van der Waals surface area contributed by atoms with Crippen molar-refractivity contribution in [3.05, 3.63) is 97.1 Å². The van der Waals surface area contributed by atoms with Gasteiger partial charge in [0.1, 0.15) is 24.7 Å². The van der Waals surface area contributed by atoms with Crippen molar-refractivity contribution in [2.24, 2.45) is 0 Å². The van der Waals surface area contributed by atoms with Gasteiger partial charge in [0, 0.05) is 35.1 Å². The molecular formula is C42H48N2O6. The molecule has 5 heterocycles. The molecule has 0 atom stereocenters. The summed E-state index contributed by atoms with van der Waals surface area (Å²) in [5, 5.41) is 2.09. The molecular weight excluding hydrogens is 628 g/mol. The van der Waals surface area contributed by atoms with Gasteiger partial charge in [0.25, 0.3) is 0 Å². The Hall–Kier alpha value is -4.34. The molecule has 0 N–H and O–H groups in total. The lowest BCUT2D eigenvalue weighted by atomic mass is 10.1. The summed E-state index contributed by atoms with van der Waals surface area (Å²) in [4.78, 5) is 10.2. The summed E-state index contributed by atoms with van der Waals surface area (Å²) in [6.45, 7) is 5.87. The Morgan fingerprint density at radius 1 is 0.360 bits per heavy atom. The van der Waals surface area contributed by atoms with Crippen molar-refractivity contribution in [1.29, 1.82) is 0 Å². The maximum atomic E-state index is 5.91. The number of allylic oxidation sites excluding steroid dienone is 2. The summed E-state index contributed by atoms with van der Waals surface area (Å²) in [7, 11) is 0. The Labute approximate surface area is 295 Å². The third kappa shape index (κ3) is 10.8. The fourth-order valence-electron chi connectivity index (χ4n) is 5.78. The molecule has 8 nitrogen and oxygen atoms in total. The quantitative estimate of drug-likeness (QED) is 0.119. The van der Waals surface area contributed by atoms with Crippen molar-refractivity contribution in [3.8, 4) is 34.0 Å². The molecule has 8 heteroatoms. The van der Waals surface area contributed by atoms with Crippen LogP contribution in [0, 0.1) is 0 Å². The first-order chi connectivity index (χ1) is 24.8. The molecule has 3 aliphatic rings. The average molecular weight is 677 g/mol. The first kappa shape index (κ1) is 35.5. The zero-order chi connectivity index (χ0) is 34.1. The van der Waals surface area contributed by atoms with E-state index in [4.69, 9.17) is 38.4 Å². The van der Waals surface area contributed by atoms with Crippen LogP contribution in [-0.4, -0.2) is 76.0 Å². The summed E-state index contributed by atoms with van der Waals surface area (Å²) in [6, 6.07) is 28.6. The largest absolute Gasteiger partial charge is 0.491 e. The first-order valence-electron chi connectivity index (χ1n) is 18.0. The van der Waals surface area contributed by atoms with Gasteiger partial charge in [-0.25, -0.2) is 9.97 Å². The minimum atomic E-state index is 0.484. The second-order valence-electron chi connectivity index (χ2n) is 12.3. The van der Waals surface area contributed by atoms with Gasteiger partial charge in [-0.15, -0.1) is 0 Å². The highest BCUT2D eigenvalue weighted by atomic mass is 16.5. The molecule has 0 amide bonds. The Kier molecular flexibility index (Phi) is 14.0. The Balaban J connectivity index is 1.10. The molecule has 0 fully saturated rings. The molecule has 8 rings (SSSR count). The van der Waals surface area contributed by atoms with E-state index < -0.39 is 0 Å². The molecule has 3 aromatic carbocycles. The number of nitrogens with zero attached hydrogens (tertiary/aromatic N) is 2. The fraction of sp³-hybridized carbons (Fsp3) is 0.381. The van der Waals surface area contributed by atoms with E-state index in [0.29, 0.717) is 52.9 Å². The van der Waals surface area contributed by atoms with E-state index in [1.807, 2.05) is 48.5 Å². The maximum absolute atomic E-state index is 5.91. The maximum Gasteiger partial charge on any atom is 0.119 e. The van der Waals surface area contributed by atoms with Crippen LogP contribution >= 0.6 is 0 Å². The normalized spacial score (nSPS) is 17.0. The number of pyridine rings is 2. The Bertz CT molecular complexity index is 1640. The van der Waals surface area contributed by atoms with Crippen molar-refractivity contribution in [3.63, 3.8) is 0 Å². The predicted octanol–water partition coefficient (Wildman–Crippen LogP) is 8.85. The van der Waals surface area contributed by atoms with E-state index in [1.165, 1.54) is 0 Å². The monoisotopic (exact) mass is 676 g/mol. The number of benzene rings is 3. The van der Waals surface area contributed by atoms with Gasteiger partial charge in [-0.05, 0) is 99.2 Å². The van der Waals surface area contributed by atoms with Gasteiger partial charge in [0.15, 0.2) is 0 Å². The molecule has 0 spiro atoms. The SMILES string of the molecule is C1=CCCCCOCCOCCOc2ccc(cc2)-c2ccc3ccc4ccc(nc4c3n2)-c2ccc(cc2)OCCOCCOCCCC1. The van der Waals surface area contributed by atoms with E-state index in [1.54, 1.807) is 0 Å². The second kappa shape index (κ2) is 19.7. The topological polar surface area (TPSA) is 81.2 Å². The van der Waals surface area contributed by atoms with Crippen molar-refractivity contribution in [1.82, 2.24) is 9.97 Å². The summed E-state index contributed by atoms with van der Waals surface area (Å²) < 4.78 is 34.6. The molecule has 0 saturated carbocycles. The van der Waals surface area contributed by atoms with Crippen LogP contribution in [-0.2, 0) is 18.9 Å². The van der Waals surface area contributed by atoms with E-state index in [0.717, 1.165) is 108 Å². The van der Waals surface area contributed by atoms with Crippen LogP contribution in [0.2, 0.25) is 0 Å². The average Bonchev–Trinajstić information content (AvgIpc) is 3.16. The van der Waals surface area contributed by atoms with Gasteiger partial charge < -0.3 is 28.4 Å². The van der Waals surface area contributed by atoms with Crippen LogP contribution in [0.4, 0.5) is 0 Å². The highest BCUT2D eigenvalue weighted by Crippen LogP contribution is 2.30. The lowest BCUT2D eigenvalue weighted by Crippen LogP contribution is -2.11. The number of aromatic nitrogens is 2. The van der Waals surface area contributed by atoms with Crippen LogP contribution in [0.15, 0.2) is 97.1 Å². The number of hydrogen-bond acceptors (Lipinski definition) is 8. The van der Waals surface area contributed by atoms with Gasteiger partial charge >= 0.3 is 0 Å². The number of rotatable bonds is 0. The third-order valence-electron chi connectivity index (χ3n) is 8.54. The van der Waals surface area contributed by atoms with E-state index in [-0.39, 0.29) is 0 Å². The molecule has 0 radical (unpaired) electrons. The summed E-state index contributed by atoms with van der Waals surface area (Å²) in [5.74, 6) is 1.60. The number of ether oxygens (including phenoxy) is 6. The minimum Gasteiger partial charge on any atom is -0.491 e. The molecule has 0 saturated heterocycles. The molecule has 2 aromatic heterocycles. The van der Waals surface area contributed by atoms with Gasteiger partial charge in [0.05, 0.1) is 62.1 Å². The first-order valence-corrected chi connectivity index (χ1v) is 18.0.